The largest absolute Gasteiger partial charge is 0.511 e. The Kier molecular flexibility index (Phi) is 15.5. The second-order valence-corrected chi connectivity index (χ2v) is 11.5. The topological polar surface area (TPSA) is 227 Å². The number of methoxy groups -OCH3 is 1. The molecule has 294 valence electrons. The summed E-state index contributed by atoms with van der Waals surface area (Å²) < 4.78 is 55.1. The Morgan fingerprint density at radius 3 is 2.33 bits per heavy atom. The van der Waals surface area contributed by atoms with Crippen LogP contribution in [0.15, 0.2) is 54.9 Å². The predicted molar refractivity (Wildman–Crippen MR) is 196 cm³/mol. The molecule has 4 N–H and O–H groups in total. The van der Waals surface area contributed by atoms with Gasteiger partial charge in [0.15, 0.2) is 23.3 Å². The molecule has 55 heavy (non-hydrogen) atoms. The van der Waals surface area contributed by atoms with Gasteiger partial charge in [0.2, 0.25) is 6.79 Å². The zero-order valence-electron chi connectivity index (χ0n) is 31.1. The Balaban J connectivity index is 1.73. The van der Waals surface area contributed by atoms with Gasteiger partial charge in [-0.25, -0.2) is 23.9 Å². The maximum absolute atomic E-state index is 16.5. The minimum Gasteiger partial charge on any atom is -0.497 e. The van der Waals surface area contributed by atoms with Crippen molar-refractivity contribution in [3.8, 4) is 23.5 Å². The maximum Gasteiger partial charge on any atom is 0.511 e. The monoisotopic (exact) mass is 765 g/mol. The highest BCUT2D eigenvalue weighted by molar-refractivity contribution is 6.04. The van der Waals surface area contributed by atoms with Crippen molar-refractivity contribution in [2.75, 3.05) is 39.0 Å². The highest BCUT2D eigenvalue weighted by atomic mass is 19.1. The quantitative estimate of drug-likeness (QED) is 0.0285. The van der Waals surface area contributed by atoms with Crippen LogP contribution in [0.4, 0.5) is 19.7 Å². The molecule has 18 nitrogen and oxygen atoms in total. The van der Waals surface area contributed by atoms with E-state index in [0.717, 1.165) is 4.68 Å². The van der Waals surface area contributed by atoms with Crippen molar-refractivity contribution >= 4 is 29.7 Å². The van der Waals surface area contributed by atoms with Crippen LogP contribution in [0.2, 0.25) is 0 Å². The first-order valence-corrected chi connectivity index (χ1v) is 17.3. The fourth-order valence-corrected chi connectivity index (χ4v) is 4.77. The Morgan fingerprint density at radius 2 is 1.67 bits per heavy atom. The standard InChI is InChI=1S/C36H44FN9O9/c1-6-16-52-35(47)43-31(39)23-10-12-24(13-11-23)42-30(27-19-26(49-5)20-28(29(27)37)51-18-17-50-22(4)38)32-44-34(46(45-32)33-40-14-9-15-41-33)53-21-54-36(48)55-25(7-2)8-3/h9-15,19-20,25,30,38,42H,6-8,16-18,21H2,1-5H3,(H2,39,43,47)/t30-/m1/s1. The molecule has 0 aliphatic rings. The van der Waals surface area contributed by atoms with E-state index < -0.39 is 30.9 Å². The Hall–Kier alpha value is -6.53. The summed E-state index contributed by atoms with van der Waals surface area (Å²) in [5.41, 5.74) is 0.776. The number of amidine groups is 1. The average Bonchev–Trinajstić information content (AvgIpc) is 3.61. The Labute approximate surface area is 316 Å². The van der Waals surface area contributed by atoms with Gasteiger partial charge in [-0.2, -0.15) is 4.98 Å². The third-order valence-corrected chi connectivity index (χ3v) is 7.53. The normalized spacial score (nSPS) is 11.3. The number of halogens is 1. The van der Waals surface area contributed by atoms with Crippen LogP contribution >= 0.6 is 0 Å². The van der Waals surface area contributed by atoms with E-state index in [1.165, 1.54) is 38.6 Å². The van der Waals surface area contributed by atoms with Gasteiger partial charge < -0.3 is 38.5 Å². The molecule has 0 unspecified atom stereocenters. The number of rotatable bonds is 19. The van der Waals surface area contributed by atoms with Gasteiger partial charge in [0.25, 0.3) is 5.95 Å². The first-order valence-electron chi connectivity index (χ1n) is 17.3. The van der Waals surface area contributed by atoms with E-state index in [0.29, 0.717) is 30.5 Å². The zero-order chi connectivity index (χ0) is 39.7. The number of anilines is 1. The lowest BCUT2D eigenvalue weighted by Gasteiger charge is -2.21. The number of amides is 1. The molecule has 2 aromatic heterocycles. The summed E-state index contributed by atoms with van der Waals surface area (Å²) in [6.45, 7) is 6.58. The van der Waals surface area contributed by atoms with E-state index in [1.54, 1.807) is 30.3 Å². The lowest BCUT2D eigenvalue weighted by molar-refractivity contribution is -0.0196. The molecular weight excluding hydrogens is 721 g/mol. The van der Waals surface area contributed by atoms with Gasteiger partial charge in [0.1, 0.15) is 36.9 Å². The molecule has 0 saturated heterocycles. The van der Waals surface area contributed by atoms with Crippen molar-refractivity contribution in [3.05, 3.63) is 77.6 Å². The van der Waals surface area contributed by atoms with Crippen molar-refractivity contribution < 1.29 is 47.1 Å². The summed E-state index contributed by atoms with van der Waals surface area (Å²) in [4.78, 5) is 37.3. The van der Waals surface area contributed by atoms with E-state index in [-0.39, 0.29) is 72.5 Å². The van der Waals surface area contributed by atoms with Crippen LogP contribution < -0.4 is 24.8 Å². The highest BCUT2D eigenvalue weighted by Gasteiger charge is 2.29. The van der Waals surface area contributed by atoms with Crippen LogP contribution in [-0.2, 0) is 18.9 Å². The summed E-state index contributed by atoms with van der Waals surface area (Å²) in [6.07, 6.45) is 2.75. The minimum atomic E-state index is -1.18. The van der Waals surface area contributed by atoms with Crippen LogP contribution in [0.5, 0.6) is 17.5 Å². The van der Waals surface area contributed by atoms with Crippen molar-refractivity contribution in [2.45, 2.75) is 59.1 Å². The van der Waals surface area contributed by atoms with E-state index in [2.05, 4.69) is 30.7 Å². The molecule has 2 aromatic carbocycles. The van der Waals surface area contributed by atoms with Crippen molar-refractivity contribution in [1.29, 1.82) is 10.8 Å². The number of nitrogens with zero attached hydrogens (tertiary/aromatic N) is 5. The second kappa shape index (κ2) is 20.6. The molecule has 1 atom stereocenters. The number of benzene rings is 2. The molecule has 4 rings (SSSR count). The molecule has 2 heterocycles. The fraction of sp³-hybridized carbons (Fsp3) is 0.389. The SMILES string of the molecule is CCCOC(=O)NC(=N)c1ccc(N[C@@H](c2nc(OCOC(=O)OC(CC)CC)n(-c3ncccn3)n2)c2cc(OC)cc(OCCOC(C)=N)c2F)cc1. The molecule has 0 aliphatic carbocycles. The van der Waals surface area contributed by atoms with E-state index in [1.807, 2.05) is 20.8 Å². The molecule has 0 bridgehead atoms. The Bertz CT molecular complexity index is 1890. The molecule has 1 amide bonds. The number of ether oxygens (including phenoxy) is 7. The van der Waals surface area contributed by atoms with Crippen LogP contribution in [0, 0.1) is 16.6 Å². The smallest absolute Gasteiger partial charge is 0.497 e. The molecule has 0 aliphatic heterocycles. The molecule has 0 saturated carbocycles. The van der Waals surface area contributed by atoms with E-state index in [9.17, 15) is 9.59 Å². The molecular formula is C36H44FN9O9. The number of hydrogen-bond acceptors (Lipinski definition) is 16. The third-order valence-electron chi connectivity index (χ3n) is 7.53. The second-order valence-electron chi connectivity index (χ2n) is 11.5. The summed E-state index contributed by atoms with van der Waals surface area (Å²) in [5, 5.41) is 25.9. The van der Waals surface area contributed by atoms with Gasteiger partial charge in [0, 0.05) is 42.2 Å². The van der Waals surface area contributed by atoms with E-state index >= 15 is 4.39 Å². The van der Waals surface area contributed by atoms with E-state index in [4.69, 9.17) is 44.0 Å². The third kappa shape index (κ3) is 12.0. The lowest BCUT2D eigenvalue weighted by atomic mass is 10.0. The van der Waals surface area contributed by atoms with Crippen molar-refractivity contribution in [1.82, 2.24) is 30.0 Å². The van der Waals surface area contributed by atoms with Gasteiger partial charge in [-0.05, 0) is 55.7 Å². The highest BCUT2D eigenvalue weighted by Crippen LogP contribution is 2.36. The number of alkyl carbamates (subject to hydrolysis) is 1. The number of nitrogens with one attached hydrogen (secondary N) is 4. The first-order chi connectivity index (χ1) is 26.6. The summed E-state index contributed by atoms with van der Waals surface area (Å²) in [6, 6.07) is 9.36. The molecule has 19 heteroatoms. The first kappa shape index (κ1) is 41.2. The van der Waals surface area contributed by atoms with Gasteiger partial charge in [0.05, 0.1) is 13.7 Å². The van der Waals surface area contributed by atoms with Crippen LogP contribution in [0.3, 0.4) is 0 Å². The van der Waals surface area contributed by atoms with Gasteiger partial charge in [-0.3, -0.25) is 16.1 Å². The summed E-state index contributed by atoms with van der Waals surface area (Å²) >= 11 is 0. The number of carbonyl (C=O) groups excluding carboxylic acids is 2. The zero-order valence-corrected chi connectivity index (χ0v) is 31.1. The van der Waals surface area contributed by atoms with Crippen LogP contribution in [0.1, 0.15) is 70.0 Å². The van der Waals surface area contributed by atoms with Crippen LogP contribution in [0.25, 0.3) is 5.95 Å². The number of carbonyl (C=O) groups is 2. The van der Waals surface area contributed by atoms with Gasteiger partial charge in [-0.15, -0.1) is 9.78 Å². The average molecular weight is 766 g/mol. The molecule has 0 radical (unpaired) electrons. The number of aromatic nitrogens is 5. The summed E-state index contributed by atoms with van der Waals surface area (Å²) in [7, 11) is 1.41. The predicted octanol–water partition coefficient (Wildman–Crippen LogP) is 5.94. The van der Waals surface area contributed by atoms with Gasteiger partial charge in [-0.1, -0.05) is 20.8 Å². The Morgan fingerprint density at radius 1 is 0.945 bits per heavy atom. The lowest BCUT2D eigenvalue weighted by Crippen LogP contribution is -2.31. The maximum atomic E-state index is 16.5. The van der Waals surface area contributed by atoms with Gasteiger partial charge >= 0.3 is 18.3 Å². The van der Waals surface area contributed by atoms with Crippen molar-refractivity contribution in [2.24, 2.45) is 0 Å². The fourth-order valence-electron chi connectivity index (χ4n) is 4.77. The molecule has 0 spiro atoms. The number of hydrogen-bond donors (Lipinski definition) is 4. The molecule has 4 aromatic rings. The molecule has 0 fully saturated rings. The van der Waals surface area contributed by atoms with Crippen molar-refractivity contribution in [3.63, 3.8) is 0 Å². The summed E-state index contributed by atoms with van der Waals surface area (Å²) in [5.74, 6) is -0.950. The minimum absolute atomic E-state index is 0.00751. The van der Waals surface area contributed by atoms with Crippen LogP contribution in [-0.4, -0.2) is 88.5 Å².